The van der Waals surface area contributed by atoms with E-state index in [1.807, 2.05) is 54.7 Å². The van der Waals surface area contributed by atoms with Crippen LogP contribution in [0.15, 0.2) is 54.7 Å². The van der Waals surface area contributed by atoms with E-state index in [2.05, 4.69) is 15.0 Å². The van der Waals surface area contributed by atoms with Crippen LogP contribution in [0.4, 0.5) is 0 Å². The number of fused-ring (bicyclic) bond motifs is 3. The Morgan fingerprint density at radius 1 is 1.10 bits per heavy atom. The van der Waals surface area contributed by atoms with Gasteiger partial charge in [-0.2, -0.15) is 0 Å². The molecule has 1 aromatic heterocycles. The van der Waals surface area contributed by atoms with Gasteiger partial charge in [0.2, 0.25) is 27.7 Å². The summed E-state index contributed by atoms with van der Waals surface area (Å²) in [7, 11) is -3.69. The summed E-state index contributed by atoms with van der Waals surface area (Å²) in [6.07, 6.45) is 4.87. The fraction of sp³-hybridized carbons (Fsp3) is 0.433. The molecule has 2 aliphatic rings. The highest BCUT2D eigenvalue weighted by molar-refractivity contribution is 7.89. The maximum absolute atomic E-state index is 13.9. The van der Waals surface area contributed by atoms with Gasteiger partial charge in [0.05, 0.1) is 17.7 Å². The number of nitrogens with two attached hydrogens (primary N) is 1. The predicted molar refractivity (Wildman–Crippen MR) is 156 cm³/mol. The minimum atomic E-state index is -3.69. The standard InChI is InChI=1S/C30H37N5O5S/c1-29(2,31)28(38)33-25(16-19-18-32-24-11-7-5-8-20(19)24)27(37)35-14-12-30(13-15-35)17-22(26(36)34-41(3,39)40)21-9-4-6-10-23(21)30/h4-11,18,22,25,32H,12-17,31H2,1-3H3,(H,33,38)(H,34,36)/t22-,25?/m1/s1. The third-order valence-corrected chi connectivity index (χ3v) is 9.00. The Balaban J connectivity index is 1.36. The highest BCUT2D eigenvalue weighted by Gasteiger charge is 2.48. The summed E-state index contributed by atoms with van der Waals surface area (Å²) < 4.78 is 25.7. The molecule has 11 heteroatoms. The molecule has 1 unspecified atom stereocenters. The average molecular weight is 580 g/mol. The first-order chi connectivity index (χ1) is 19.3. The first kappa shape index (κ1) is 28.8. The van der Waals surface area contributed by atoms with Crippen molar-refractivity contribution in [2.75, 3.05) is 19.3 Å². The number of H-pyrrole nitrogens is 1. The Morgan fingerprint density at radius 3 is 2.44 bits per heavy atom. The molecule has 1 spiro atoms. The van der Waals surface area contributed by atoms with Crippen molar-refractivity contribution >= 4 is 38.6 Å². The number of amides is 3. The fourth-order valence-corrected chi connectivity index (χ4v) is 6.80. The molecule has 5 rings (SSSR count). The lowest BCUT2D eigenvalue weighted by atomic mass is 9.73. The normalized spacial score (nSPS) is 19.1. The maximum Gasteiger partial charge on any atom is 0.245 e. The molecule has 0 radical (unpaired) electrons. The lowest BCUT2D eigenvalue weighted by Gasteiger charge is -2.41. The van der Waals surface area contributed by atoms with E-state index in [0.29, 0.717) is 38.8 Å². The monoisotopic (exact) mass is 579 g/mol. The second-order valence-corrected chi connectivity index (χ2v) is 13.7. The molecule has 3 amide bonds. The number of carbonyl (C=O) groups is 3. The number of aromatic amines is 1. The van der Waals surface area contributed by atoms with Crippen LogP contribution in [0.3, 0.4) is 0 Å². The van der Waals surface area contributed by atoms with Gasteiger partial charge in [-0.05, 0) is 55.9 Å². The Labute approximate surface area is 240 Å². The van der Waals surface area contributed by atoms with Gasteiger partial charge in [-0.15, -0.1) is 0 Å². The molecule has 2 aromatic carbocycles. The number of piperidine rings is 1. The molecule has 0 saturated carbocycles. The van der Waals surface area contributed by atoms with Crippen LogP contribution in [0, 0.1) is 0 Å². The molecule has 5 N–H and O–H groups in total. The molecule has 0 bridgehead atoms. The zero-order chi connectivity index (χ0) is 29.6. The van der Waals surface area contributed by atoms with Gasteiger partial charge >= 0.3 is 0 Å². The third kappa shape index (κ3) is 5.87. The number of benzene rings is 2. The minimum Gasteiger partial charge on any atom is -0.361 e. The number of para-hydroxylation sites is 1. The highest BCUT2D eigenvalue weighted by atomic mass is 32.2. The van der Waals surface area contributed by atoms with E-state index in [-0.39, 0.29) is 11.3 Å². The average Bonchev–Trinajstić information content (AvgIpc) is 3.46. The Bertz CT molecular complexity index is 1600. The largest absolute Gasteiger partial charge is 0.361 e. The van der Waals surface area contributed by atoms with Crippen molar-refractivity contribution in [3.63, 3.8) is 0 Å². The fourth-order valence-electron chi connectivity index (χ4n) is 6.30. The van der Waals surface area contributed by atoms with E-state index in [9.17, 15) is 22.8 Å². The van der Waals surface area contributed by atoms with E-state index >= 15 is 0 Å². The van der Waals surface area contributed by atoms with E-state index < -0.39 is 39.3 Å². The smallest absolute Gasteiger partial charge is 0.245 e. The number of carbonyl (C=O) groups excluding carboxylic acids is 3. The summed E-state index contributed by atoms with van der Waals surface area (Å²) in [4.78, 5) is 44.8. The molecule has 2 atom stereocenters. The van der Waals surface area contributed by atoms with Crippen molar-refractivity contribution in [2.45, 2.75) is 62.4 Å². The highest BCUT2D eigenvalue weighted by Crippen LogP contribution is 2.51. The molecule has 10 nitrogen and oxygen atoms in total. The Kier molecular flexibility index (Phi) is 7.46. The molecule has 1 saturated heterocycles. The van der Waals surface area contributed by atoms with Crippen molar-refractivity contribution in [1.29, 1.82) is 0 Å². The van der Waals surface area contributed by atoms with Crippen molar-refractivity contribution in [1.82, 2.24) is 19.9 Å². The van der Waals surface area contributed by atoms with E-state index in [4.69, 9.17) is 5.73 Å². The first-order valence-electron chi connectivity index (χ1n) is 13.8. The van der Waals surface area contributed by atoms with Gasteiger partial charge in [0.1, 0.15) is 6.04 Å². The van der Waals surface area contributed by atoms with Crippen LogP contribution in [-0.2, 0) is 36.2 Å². The first-order valence-corrected chi connectivity index (χ1v) is 15.7. The summed E-state index contributed by atoms with van der Waals surface area (Å²) in [5.41, 5.74) is 8.31. The van der Waals surface area contributed by atoms with Crippen LogP contribution in [0.1, 0.15) is 55.7 Å². The van der Waals surface area contributed by atoms with Crippen LogP contribution >= 0.6 is 0 Å². The van der Waals surface area contributed by atoms with E-state index in [0.717, 1.165) is 33.8 Å². The van der Waals surface area contributed by atoms with Gasteiger partial charge in [-0.1, -0.05) is 42.5 Å². The zero-order valence-corrected chi connectivity index (χ0v) is 24.4. The third-order valence-electron chi connectivity index (χ3n) is 8.42. The topological polar surface area (TPSA) is 154 Å². The van der Waals surface area contributed by atoms with Gasteiger partial charge in [-0.25, -0.2) is 8.42 Å². The molecule has 1 aliphatic carbocycles. The summed E-state index contributed by atoms with van der Waals surface area (Å²) in [6.45, 7) is 4.10. The molecule has 218 valence electrons. The zero-order valence-electron chi connectivity index (χ0n) is 23.6. The summed E-state index contributed by atoms with van der Waals surface area (Å²) in [5.74, 6) is -1.70. The number of aromatic nitrogens is 1. The number of hydrogen-bond acceptors (Lipinski definition) is 6. The van der Waals surface area contributed by atoms with Crippen LogP contribution in [0.25, 0.3) is 10.9 Å². The summed E-state index contributed by atoms with van der Waals surface area (Å²) in [6, 6.07) is 14.7. The predicted octanol–water partition coefficient (Wildman–Crippen LogP) is 2.06. The number of hydrogen-bond donors (Lipinski definition) is 4. The summed E-state index contributed by atoms with van der Waals surface area (Å²) in [5, 5.41) is 3.89. The Hall–Kier alpha value is -3.70. The molecule has 1 fully saturated rings. The number of likely N-dealkylation sites (tertiary alicyclic amines) is 1. The van der Waals surface area contributed by atoms with Crippen LogP contribution < -0.4 is 15.8 Å². The number of sulfonamides is 1. The second-order valence-electron chi connectivity index (χ2n) is 12.0. The minimum absolute atomic E-state index is 0.180. The van der Waals surface area contributed by atoms with Gasteiger partial charge in [-0.3, -0.25) is 19.1 Å². The van der Waals surface area contributed by atoms with Gasteiger partial charge in [0.25, 0.3) is 0 Å². The Morgan fingerprint density at radius 2 is 1.76 bits per heavy atom. The second kappa shape index (κ2) is 10.6. The lowest BCUT2D eigenvalue weighted by Crippen LogP contribution is -2.58. The molecular weight excluding hydrogens is 542 g/mol. The number of nitrogens with zero attached hydrogens (tertiary/aromatic N) is 1. The van der Waals surface area contributed by atoms with E-state index in [1.165, 1.54) is 0 Å². The van der Waals surface area contributed by atoms with Crippen LogP contribution in [0.5, 0.6) is 0 Å². The van der Waals surface area contributed by atoms with Crippen molar-refractivity contribution < 1.29 is 22.8 Å². The molecule has 3 aromatic rings. The SMILES string of the molecule is CC(C)(N)C(=O)NC(Cc1c[nH]c2ccccc12)C(=O)N1CCC2(CC1)C[C@@H](C(=O)NS(C)(=O)=O)c1ccccc12. The van der Waals surface area contributed by atoms with Gasteiger partial charge in [0, 0.05) is 42.0 Å². The maximum atomic E-state index is 13.9. The van der Waals surface area contributed by atoms with Gasteiger partial charge < -0.3 is 20.9 Å². The quantitative estimate of drug-likeness (QED) is 0.336. The molecule has 2 heterocycles. The molecule has 1 aliphatic heterocycles. The number of rotatable bonds is 7. The molecular formula is C30H37N5O5S. The van der Waals surface area contributed by atoms with Crippen molar-refractivity contribution in [3.8, 4) is 0 Å². The van der Waals surface area contributed by atoms with Crippen molar-refractivity contribution in [3.05, 3.63) is 71.4 Å². The lowest BCUT2D eigenvalue weighted by molar-refractivity contribution is -0.138. The molecule has 41 heavy (non-hydrogen) atoms. The van der Waals surface area contributed by atoms with Crippen molar-refractivity contribution in [2.24, 2.45) is 5.73 Å². The summed E-state index contributed by atoms with van der Waals surface area (Å²) >= 11 is 0. The van der Waals surface area contributed by atoms with Crippen LogP contribution in [0.2, 0.25) is 0 Å². The van der Waals surface area contributed by atoms with E-state index in [1.54, 1.807) is 18.7 Å². The van der Waals surface area contributed by atoms with Gasteiger partial charge in [0.15, 0.2) is 0 Å². The van der Waals surface area contributed by atoms with Crippen LogP contribution in [-0.4, -0.2) is 66.9 Å². The number of nitrogens with one attached hydrogen (secondary N) is 3.